The molecule has 0 radical (unpaired) electrons. The maximum absolute atomic E-state index is 2.47. The Morgan fingerprint density at radius 2 is 1.00 bits per heavy atom. The highest BCUT2D eigenvalue weighted by atomic mass is 15.0. The van der Waals surface area contributed by atoms with Crippen molar-refractivity contribution in [2.24, 2.45) is 0 Å². The second-order valence-corrected chi connectivity index (χ2v) is 10.5. The Balaban J connectivity index is 1.44. The van der Waals surface area contributed by atoms with Crippen LogP contribution in [-0.2, 0) is 0 Å². The number of fused-ring (bicyclic) bond motifs is 9. The first-order chi connectivity index (χ1) is 19.4. The zero-order chi connectivity index (χ0) is 25.5. The monoisotopic (exact) mass is 493 g/mol. The highest BCUT2D eigenvalue weighted by Crippen LogP contribution is 2.51. The van der Waals surface area contributed by atoms with E-state index in [0.29, 0.717) is 0 Å². The molecule has 0 saturated carbocycles. The van der Waals surface area contributed by atoms with Gasteiger partial charge in [0.2, 0.25) is 0 Å². The summed E-state index contributed by atoms with van der Waals surface area (Å²) >= 11 is 0. The average Bonchev–Trinajstić information content (AvgIpc) is 3.52. The second-order valence-electron chi connectivity index (χ2n) is 10.5. The Labute approximate surface area is 226 Å². The molecule has 1 aliphatic carbocycles. The molecule has 1 heterocycles. The zero-order valence-electron chi connectivity index (χ0n) is 21.2. The Hall–Kier alpha value is -5.14. The molecule has 8 aromatic rings. The zero-order valence-corrected chi connectivity index (χ0v) is 21.2. The molecule has 0 N–H and O–H groups in total. The minimum absolute atomic E-state index is 1.18. The van der Waals surface area contributed by atoms with Crippen LogP contribution >= 0.6 is 0 Å². The molecule has 7 aromatic carbocycles. The third-order valence-electron chi connectivity index (χ3n) is 8.52. The van der Waals surface area contributed by atoms with Crippen molar-refractivity contribution in [2.75, 3.05) is 0 Å². The smallest absolute Gasteiger partial charge is 0.0553 e. The lowest BCUT2D eigenvalue weighted by Crippen LogP contribution is -1.94. The van der Waals surface area contributed by atoms with Crippen molar-refractivity contribution < 1.29 is 0 Å². The summed E-state index contributed by atoms with van der Waals surface area (Å²) in [5.74, 6) is 0. The van der Waals surface area contributed by atoms with Gasteiger partial charge in [0.25, 0.3) is 0 Å². The van der Waals surface area contributed by atoms with Gasteiger partial charge in [-0.2, -0.15) is 0 Å². The molecule has 180 valence electrons. The van der Waals surface area contributed by atoms with E-state index < -0.39 is 0 Å². The topological polar surface area (TPSA) is 4.93 Å². The molecule has 0 aliphatic heterocycles. The van der Waals surface area contributed by atoms with Gasteiger partial charge in [-0.05, 0) is 79.2 Å². The molecular formula is C38H23N. The Bertz CT molecular complexity index is 2250. The Kier molecular flexibility index (Phi) is 4.11. The molecule has 0 amide bonds. The van der Waals surface area contributed by atoms with Crippen LogP contribution in [0.15, 0.2) is 140 Å². The van der Waals surface area contributed by atoms with Crippen molar-refractivity contribution in [2.45, 2.75) is 0 Å². The Morgan fingerprint density at radius 3 is 1.85 bits per heavy atom. The first kappa shape index (κ1) is 20.9. The molecule has 39 heavy (non-hydrogen) atoms. The van der Waals surface area contributed by atoms with Crippen LogP contribution in [-0.4, -0.2) is 4.57 Å². The highest BCUT2D eigenvalue weighted by molar-refractivity contribution is 6.33. The average molecular weight is 494 g/mol. The van der Waals surface area contributed by atoms with Crippen LogP contribution in [0.4, 0.5) is 0 Å². The van der Waals surface area contributed by atoms with Crippen LogP contribution in [0.5, 0.6) is 0 Å². The summed E-state index contributed by atoms with van der Waals surface area (Å²) in [5, 5.41) is 7.94. The molecule has 0 fully saturated rings. The first-order valence-electron chi connectivity index (χ1n) is 13.5. The van der Waals surface area contributed by atoms with Crippen molar-refractivity contribution in [3.05, 3.63) is 140 Å². The predicted octanol–water partition coefficient (Wildman–Crippen LogP) is 10.4. The summed E-state index contributed by atoms with van der Waals surface area (Å²) < 4.78 is 2.47. The standard InChI is InChI=1S/C38H23N/c1-2-9-24(10-3-1)25-17-20-27(21-18-25)39-34-22-19-26-11-4-5-12-28(26)37(34)38-32-16-8-15-31-29-13-6-7-14-30(29)33(36(31)32)23-35(38)39/h1-23H. The molecule has 0 spiro atoms. The summed E-state index contributed by atoms with van der Waals surface area (Å²) in [6, 6.07) is 51.1. The fourth-order valence-electron chi connectivity index (χ4n) is 6.85. The van der Waals surface area contributed by atoms with Crippen molar-refractivity contribution in [3.63, 3.8) is 0 Å². The van der Waals surface area contributed by atoms with E-state index in [4.69, 9.17) is 0 Å². The van der Waals surface area contributed by atoms with Gasteiger partial charge < -0.3 is 4.57 Å². The van der Waals surface area contributed by atoms with Gasteiger partial charge in [0.1, 0.15) is 0 Å². The molecule has 1 nitrogen and oxygen atoms in total. The molecule has 0 atom stereocenters. The lowest BCUT2D eigenvalue weighted by molar-refractivity contribution is 1.18. The SMILES string of the molecule is c1ccc(-c2ccc(-n3c4ccc5ccccc5c4c4c5cccc6c5c(cc43)-c3ccccc3-6)cc2)cc1. The number of aromatic nitrogens is 1. The van der Waals surface area contributed by atoms with Crippen LogP contribution in [0.3, 0.4) is 0 Å². The first-order valence-corrected chi connectivity index (χ1v) is 13.5. The van der Waals surface area contributed by atoms with Gasteiger partial charge >= 0.3 is 0 Å². The minimum atomic E-state index is 1.18. The molecule has 0 bridgehead atoms. The van der Waals surface area contributed by atoms with Crippen LogP contribution in [0.25, 0.3) is 82.4 Å². The molecule has 1 aromatic heterocycles. The third kappa shape index (κ3) is 2.79. The summed E-state index contributed by atoms with van der Waals surface area (Å²) in [6.45, 7) is 0. The fourth-order valence-corrected chi connectivity index (χ4v) is 6.85. The van der Waals surface area contributed by atoms with Gasteiger partial charge in [0.15, 0.2) is 0 Å². The van der Waals surface area contributed by atoms with E-state index >= 15 is 0 Å². The van der Waals surface area contributed by atoms with Gasteiger partial charge in [0, 0.05) is 16.5 Å². The number of hydrogen-bond acceptors (Lipinski definition) is 0. The predicted molar refractivity (Wildman–Crippen MR) is 166 cm³/mol. The number of nitrogens with zero attached hydrogens (tertiary/aromatic N) is 1. The van der Waals surface area contributed by atoms with E-state index in [1.165, 1.54) is 82.4 Å². The van der Waals surface area contributed by atoms with Crippen LogP contribution in [0.2, 0.25) is 0 Å². The molecule has 9 rings (SSSR count). The van der Waals surface area contributed by atoms with Gasteiger partial charge in [-0.15, -0.1) is 0 Å². The van der Waals surface area contributed by atoms with Gasteiger partial charge in [-0.25, -0.2) is 0 Å². The van der Waals surface area contributed by atoms with E-state index in [1.54, 1.807) is 0 Å². The van der Waals surface area contributed by atoms with Crippen molar-refractivity contribution >= 4 is 43.4 Å². The van der Waals surface area contributed by atoms with Crippen LogP contribution in [0.1, 0.15) is 0 Å². The molecule has 1 heteroatoms. The lowest BCUT2D eigenvalue weighted by atomic mass is 9.96. The summed E-state index contributed by atoms with van der Waals surface area (Å²) in [4.78, 5) is 0. The molecule has 0 saturated heterocycles. The van der Waals surface area contributed by atoms with E-state index in [9.17, 15) is 0 Å². The van der Waals surface area contributed by atoms with Crippen LogP contribution < -0.4 is 0 Å². The number of rotatable bonds is 2. The van der Waals surface area contributed by atoms with Gasteiger partial charge in [0.05, 0.1) is 11.0 Å². The van der Waals surface area contributed by atoms with E-state index in [0.717, 1.165) is 0 Å². The van der Waals surface area contributed by atoms with Crippen molar-refractivity contribution in [1.82, 2.24) is 4.57 Å². The van der Waals surface area contributed by atoms with E-state index in [-0.39, 0.29) is 0 Å². The van der Waals surface area contributed by atoms with E-state index in [1.807, 2.05) is 0 Å². The van der Waals surface area contributed by atoms with Crippen molar-refractivity contribution in [3.8, 4) is 39.1 Å². The summed E-state index contributed by atoms with van der Waals surface area (Å²) in [7, 11) is 0. The van der Waals surface area contributed by atoms with Gasteiger partial charge in [-0.1, -0.05) is 115 Å². The maximum atomic E-state index is 2.47. The lowest BCUT2D eigenvalue weighted by Gasteiger charge is -2.11. The normalized spacial score (nSPS) is 12.1. The largest absolute Gasteiger partial charge is 0.309 e. The van der Waals surface area contributed by atoms with Crippen molar-refractivity contribution in [1.29, 1.82) is 0 Å². The third-order valence-corrected chi connectivity index (χ3v) is 8.52. The fraction of sp³-hybridized carbons (Fsp3) is 0. The summed E-state index contributed by atoms with van der Waals surface area (Å²) in [6.07, 6.45) is 0. The molecular weight excluding hydrogens is 470 g/mol. The van der Waals surface area contributed by atoms with E-state index in [2.05, 4.69) is 144 Å². The number of hydrogen-bond donors (Lipinski definition) is 0. The highest BCUT2D eigenvalue weighted by Gasteiger charge is 2.25. The quantitative estimate of drug-likeness (QED) is 0.226. The van der Waals surface area contributed by atoms with Crippen LogP contribution in [0, 0.1) is 0 Å². The number of benzene rings is 7. The minimum Gasteiger partial charge on any atom is -0.309 e. The molecule has 0 unspecified atom stereocenters. The second kappa shape index (κ2) is 7.69. The maximum Gasteiger partial charge on any atom is 0.0553 e. The molecule has 1 aliphatic rings. The Morgan fingerprint density at radius 1 is 0.359 bits per heavy atom. The van der Waals surface area contributed by atoms with Gasteiger partial charge in [-0.3, -0.25) is 0 Å². The summed E-state index contributed by atoms with van der Waals surface area (Å²) in [5.41, 5.74) is 11.5.